The van der Waals surface area contributed by atoms with E-state index in [-0.39, 0.29) is 10.8 Å². The number of nitrogens with zero attached hydrogens (tertiary/aromatic N) is 2. The number of halogens is 1. The van der Waals surface area contributed by atoms with Crippen LogP contribution < -0.4 is 15.5 Å². The molecule has 1 saturated heterocycles. The van der Waals surface area contributed by atoms with E-state index in [1.165, 1.54) is 6.07 Å². The molecule has 1 amide bonds. The van der Waals surface area contributed by atoms with Gasteiger partial charge in [0.1, 0.15) is 5.69 Å². The average Bonchev–Trinajstić information content (AvgIpc) is 2.37. The summed E-state index contributed by atoms with van der Waals surface area (Å²) in [6.07, 6.45) is 0. The smallest absolute Gasteiger partial charge is 0.269 e. The van der Waals surface area contributed by atoms with Gasteiger partial charge in [-0.1, -0.05) is 11.6 Å². The van der Waals surface area contributed by atoms with Crippen molar-refractivity contribution in [3.63, 3.8) is 0 Å². The lowest BCUT2D eigenvalue weighted by Gasteiger charge is -2.29. The number of hydrogen-bond acceptors (Lipinski definition) is 4. The largest absolute Gasteiger partial charge is 0.366 e. The van der Waals surface area contributed by atoms with Gasteiger partial charge in [-0.2, -0.15) is 0 Å². The number of nitrogens with one attached hydrogen (secondary N) is 2. The van der Waals surface area contributed by atoms with Crippen LogP contribution in [0.4, 0.5) is 5.69 Å². The van der Waals surface area contributed by atoms with Crippen molar-refractivity contribution in [1.29, 1.82) is 0 Å². The number of hydrogen-bond donors (Lipinski definition) is 2. The lowest BCUT2D eigenvalue weighted by molar-refractivity contribution is 0.0958. The van der Waals surface area contributed by atoms with Crippen molar-refractivity contribution in [2.45, 2.75) is 0 Å². The summed E-state index contributed by atoms with van der Waals surface area (Å²) >= 11 is 6.08. The van der Waals surface area contributed by atoms with Crippen LogP contribution in [-0.4, -0.2) is 44.0 Å². The van der Waals surface area contributed by atoms with Gasteiger partial charge in [-0.3, -0.25) is 4.79 Å². The minimum atomic E-state index is -2.54. The number of pyridine rings is 1. The third-order valence-corrected chi connectivity index (χ3v) is 2.91. The first-order valence-electron chi connectivity index (χ1n) is 6.81. The van der Waals surface area contributed by atoms with Gasteiger partial charge in [-0.15, -0.1) is 0 Å². The summed E-state index contributed by atoms with van der Waals surface area (Å²) in [5.41, 5.74) is 0.739. The van der Waals surface area contributed by atoms with E-state index in [1.54, 1.807) is 6.07 Å². The zero-order chi connectivity index (χ0) is 14.8. The predicted molar refractivity (Wildman–Crippen MR) is 67.7 cm³/mol. The molecule has 1 aliphatic heterocycles. The molecule has 92 valence electrons. The molecular formula is C11H15ClN4O. The zero-order valence-corrected chi connectivity index (χ0v) is 9.92. The molecule has 1 aromatic rings. The van der Waals surface area contributed by atoms with E-state index >= 15 is 0 Å². The third-order valence-electron chi connectivity index (χ3n) is 2.63. The molecule has 6 heteroatoms. The second-order valence-electron chi connectivity index (χ2n) is 3.70. The van der Waals surface area contributed by atoms with Crippen LogP contribution in [0.15, 0.2) is 12.1 Å². The lowest BCUT2D eigenvalue weighted by atomic mass is 10.2. The molecule has 2 N–H and O–H groups in total. The summed E-state index contributed by atoms with van der Waals surface area (Å²) < 4.78 is 21.0. The fourth-order valence-corrected chi connectivity index (χ4v) is 2.03. The Balaban J connectivity index is 2.14. The second kappa shape index (κ2) is 5.33. The highest BCUT2D eigenvalue weighted by Crippen LogP contribution is 2.24. The van der Waals surface area contributed by atoms with Crippen molar-refractivity contribution in [2.75, 3.05) is 38.1 Å². The van der Waals surface area contributed by atoms with Gasteiger partial charge < -0.3 is 15.5 Å². The molecule has 1 fully saturated rings. The van der Waals surface area contributed by atoms with Crippen LogP contribution in [0.2, 0.25) is 5.15 Å². The Bertz CT molecular complexity index is 503. The normalized spacial score (nSPS) is 19.1. The Hall–Kier alpha value is -1.33. The zero-order valence-electron chi connectivity index (χ0n) is 12.2. The first-order chi connectivity index (χ1) is 9.37. The van der Waals surface area contributed by atoms with Crippen molar-refractivity contribution >= 4 is 23.2 Å². The van der Waals surface area contributed by atoms with Gasteiger partial charge in [0.25, 0.3) is 5.91 Å². The van der Waals surface area contributed by atoms with Crippen LogP contribution in [0, 0.1) is 0 Å². The molecule has 0 radical (unpaired) electrons. The van der Waals surface area contributed by atoms with Gasteiger partial charge >= 0.3 is 0 Å². The van der Waals surface area contributed by atoms with Gasteiger partial charge in [0.2, 0.25) is 0 Å². The van der Waals surface area contributed by atoms with Crippen LogP contribution in [-0.2, 0) is 0 Å². The first kappa shape index (κ1) is 8.72. The number of carbonyl (C=O) groups is 1. The Morgan fingerprint density at radius 2 is 2.35 bits per heavy atom. The molecule has 0 saturated carbocycles. The maximum absolute atomic E-state index is 11.7. The maximum Gasteiger partial charge on any atom is 0.269 e. The predicted octanol–water partition coefficient (Wildman–Crippen LogP) is 0.504. The summed E-state index contributed by atoms with van der Waals surface area (Å²) in [6.45, 7) is 0.794. The van der Waals surface area contributed by atoms with E-state index in [0.717, 1.165) is 31.9 Å². The molecule has 0 aromatic carbocycles. The first-order valence-corrected chi connectivity index (χ1v) is 5.69. The van der Waals surface area contributed by atoms with Crippen LogP contribution in [0.5, 0.6) is 0 Å². The lowest BCUT2D eigenvalue weighted by Crippen LogP contribution is -2.43. The van der Waals surface area contributed by atoms with E-state index < -0.39 is 12.9 Å². The van der Waals surface area contributed by atoms with Crippen LogP contribution in [0.3, 0.4) is 0 Å². The van der Waals surface area contributed by atoms with E-state index in [0.29, 0.717) is 0 Å². The molecule has 0 atom stereocenters. The van der Waals surface area contributed by atoms with Gasteiger partial charge in [0, 0.05) is 37.3 Å². The van der Waals surface area contributed by atoms with Crippen molar-refractivity contribution in [1.82, 2.24) is 15.6 Å². The average molecular weight is 258 g/mol. The molecule has 1 aromatic heterocycles. The summed E-state index contributed by atoms with van der Waals surface area (Å²) in [5, 5.41) is 5.30. The molecule has 1 aliphatic rings. The summed E-state index contributed by atoms with van der Waals surface area (Å²) in [6, 6.07) is 3.17. The van der Waals surface area contributed by atoms with Crippen LogP contribution in [0.1, 0.15) is 14.6 Å². The number of amides is 1. The molecule has 17 heavy (non-hydrogen) atoms. The summed E-state index contributed by atoms with van der Waals surface area (Å²) in [5.74, 6) is -0.765. The minimum absolute atomic E-state index is 0.00925. The Morgan fingerprint density at radius 3 is 3.00 bits per heavy atom. The third kappa shape index (κ3) is 2.68. The van der Waals surface area contributed by atoms with E-state index in [2.05, 4.69) is 15.2 Å². The molecule has 0 bridgehead atoms. The monoisotopic (exact) mass is 257 g/mol. The van der Waals surface area contributed by atoms with Crippen LogP contribution in [0.25, 0.3) is 0 Å². The number of carbonyl (C=O) groups excluding carboxylic acids is 1. The molecule has 2 rings (SSSR count). The Labute approximate surface area is 109 Å². The maximum atomic E-state index is 11.7. The van der Waals surface area contributed by atoms with E-state index in [9.17, 15) is 4.79 Å². The van der Waals surface area contributed by atoms with E-state index in [4.69, 9.17) is 15.7 Å². The molecular weight excluding hydrogens is 240 g/mol. The number of piperazine rings is 1. The molecule has 2 heterocycles. The Morgan fingerprint density at radius 1 is 1.59 bits per heavy atom. The molecule has 0 aliphatic carbocycles. The van der Waals surface area contributed by atoms with Crippen molar-refractivity contribution in [3.8, 4) is 0 Å². The SMILES string of the molecule is [2H]C([2H])([2H])NC(=O)c1ccc(N2CCNCC2)c(Cl)n1. The Kier molecular flexibility index (Phi) is 2.73. The molecule has 5 nitrogen and oxygen atoms in total. The highest BCUT2D eigenvalue weighted by Gasteiger charge is 2.16. The van der Waals surface area contributed by atoms with E-state index in [1.807, 2.05) is 5.32 Å². The number of aromatic nitrogens is 1. The fourth-order valence-electron chi connectivity index (χ4n) is 1.76. The van der Waals surface area contributed by atoms with Crippen molar-refractivity contribution in [2.24, 2.45) is 0 Å². The molecule has 0 unspecified atom stereocenters. The van der Waals surface area contributed by atoms with Gasteiger partial charge in [-0.25, -0.2) is 4.98 Å². The van der Waals surface area contributed by atoms with Crippen LogP contribution >= 0.6 is 11.6 Å². The van der Waals surface area contributed by atoms with Gasteiger partial charge in [-0.05, 0) is 12.1 Å². The van der Waals surface area contributed by atoms with Crippen molar-refractivity contribution < 1.29 is 8.91 Å². The number of rotatable bonds is 2. The fraction of sp³-hybridized carbons (Fsp3) is 0.455. The molecule has 0 spiro atoms. The summed E-state index contributed by atoms with van der Waals surface area (Å²) in [7, 11) is 0. The second-order valence-corrected chi connectivity index (χ2v) is 4.06. The highest BCUT2D eigenvalue weighted by molar-refractivity contribution is 6.32. The van der Waals surface area contributed by atoms with Gasteiger partial charge in [0.15, 0.2) is 5.15 Å². The highest BCUT2D eigenvalue weighted by atomic mass is 35.5. The quantitative estimate of drug-likeness (QED) is 0.758. The topological polar surface area (TPSA) is 57.3 Å². The van der Waals surface area contributed by atoms with Crippen molar-refractivity contribution in [3.05, 3.63) is 23.0 Å². The number of anilines is 1. The summed E-state index contributed by atoms with van der Waals surface area (Å²) in [4.78, 5) is 17.7. The standard InChI is InChI=1S/C11H15ClN4O/c1-13-11(17)8-2-3-9(10(12)15-8)16-6-4-14-5-7-16/h2-3,14H,4-7H2,1H3,(H,13,17)/i1D3. The minimum Gasteiger partial charge on any atom is -0.366 e. The van der Waals surface area contributed by atoms with Gasteiger partial charge in [0.05, 0.1) is 5.69 Å².